The third kappa shape index (κ3) is 5.25. The molecule has 2 aromatic rings. The highest BCUT2D eigenvalue weighted by Gasteiger charge is 2.43. The molecule has 2 aromatic carbocycles. The molecule has 3 heterocycles. The van der Waals surface area contributed by atoms with Crippen molar-refractivity contribution < 1.29 is 9.53 Å². The lowest BCUT2D eigenvalue weighted by atomic mass is 9.96. The Kier molecular flexibility index (Phi) is 7.04. The maximum atomic E-state index is 12.8. The number of ether oxygens (including phenoxy) is 1. The standard InChI is InChI=1S/C29H37N3O2S/c33-29(22-6-4-21(5-7-22)20-34-27-2-1-3-27)30-24-8-10-26(11-9-24)32-15-12-23-18-31(19-28(23)32)25-13-16-35-17-14-25/h4-11,23,25,27-28H,1-3,12-20H2,(H,30,33). The van der Waals surface area contributed by atoms with Crippen LogP contribution in [0.2, 0.25) is 0 Å². The van der Waals surface area contributed by atoms with E-state index in [-0.39, 0.29) is 5.91 Å². The summed E-state index contributed by atoms with van der Waals surface area (Å²) >= 11 is 2.11. The summed E-state index contributed by atoms with van der Waals surface area (Å²) in [6, 6.07) is 17.7. The normalized spacial score (nSPS) is 25.4. The number of nitrogens with zero attached hydrogens (tertiary/aromatic N) is 2. The molecule has 0 aromatic heterocycles. The fraction of sp³-hybridized carbons (Fsp3) is 0.552. The molecule has 186 valence electrons. The Labute approximate surface area is 213 Å². The Morgan fingerprint density at radius 2 is 1.71 bits per heavy atom. The molecule has 1 saturated carbocycles. The monoisotopic (exact) mass is 491 g/mol. The Balaban J connectivity index is 1.03. The van der Waals surface area contributed by atoms with Crippen molar-refractivity contribution in [2.24, 2.45) is 5.92 Å². The van der Waals surface area contributed by atoms with Gasteiger partial charge in [0.2, 0.25) is 0 Å². The summed E-state index contributed by atoms with van der Waals surface area (Å²) < 4.78 is 5.87. The molecular weight excluding hydrogens is 454 g/mol. The quantitative estimate of drug-likeness (QED) is 0.561. The maximum absolute atomic E-state index is 12.8. The number of fused-ring (bicyclic) bond motifs is 1. The minimum Gasteiger partial charge on any atom is -0.374 e. The van der Waals surface area contributed by atoms with E-state index >= 15 is 0 Å². The molecule has 1 aliphatic carbocycles. The minimum absolute atomic E-state index is 0.0671. The van der Waals surface area contributed by atoms with Gasteiger partial charge in [0.05, 0.1) is 12.7 Å². The maximum Gasteiger partial charge on any atom is 0.255 e. The molecule has 2 atom stereocenters. The van der Waals surface area contributed by atoms with Crippen molar-refractivity contribution in [1.29, 1.82) is 0 Å². The number of carbonyl (C=O) groups is 1. The average molecular weight is 492 g/mol. The SMILES string of the molecule is O=C(Nc1ccc(N2CCC3CN(C4CCSCC4)CC32)cc1)c1ccc(COC2CCC2)cc1. The molecule has 3 aliphatic heterocycles. The van der Waals surface area contributed by atoms with Crippen molar-refractivity contribution in [3.05, 3.63) is 59.7 Å². The molecule has 3 saturated heterocycles. The molecular formula is C29H37N3O2S. The summed E-state index contributed by atoms with van der Waals surface area (Å²) in [5, 5.41) is 3.06. The zero-order valence-electron chi connectivity index (χ0n) is 20.5. The fourth-order valence-corrected chi connectivity index (χ4v) is 7.19. The molecule has 4 fully saturated rings. The third-order valence-electron chi connectivity index (χ3n) is 8.49. The van der Waals surface area contributed by atoms with Gasteiger partial charge in [0.15, 0.2) is 0 Å². The molecule has 0 bridgehead atoms. The van der Waals surface area contributed by atoms with Crippen LogP contribution in [0.3, 0.4) is 0 Å². The highest BCUT2D eigenvalue weighted by molar-refractivity contribution is 7.99. The first kappa shape index (κ1) is 23.4. The van der Waals surface area contributed by atoms with Gasteiger partial charge in [-0.2, -0.15) is 11.8 Å². The number of amides is 1. The smallest absolute Gasteiger partial charge is 0.255 e. The molecule has 0 spiro atoms. The highest BCUT2D eigenvalue weighted by Crippen LogP contribution is 2.37. The summed E-state index contributed by atoms with van der Waals surface area (Å²) in [5.74, 6) is 3.38. The lowest BCUT2D eigenvalue weighted by molar-refractivity contribution is -0.00866. The van der Waals surface area contributed by atoms with Crippen LogP contribution >= 0.6 is 11.8 Å². The molecule has 35 heavy (non-hydrogen) atoms. The first-order valence-electron chi connectivity index (χ1n) is 13.4. The number of anilines is 2. The van der Waals surface area contributed by atoms with Crippen LogP contribution < -0.4 is 10.2 Å². The van der Waals surface area contributed by atoms with Gasteiger partial charge in [0, 0.05) is 48.7 Å². The van der Waals surface area contributed by atoms with Crippen LogP contribution in [0.15, 0.2) is 48.5 Å². The van der Waals surface area contributed by atoms with Gasteiger partial charge in [-0.3, -0.25) is 9.69 Å². The van der Waals surface area contributed by atoms with Gasteiger partial charge in [-0.1, -0.05) is 12.1 Å². The van der Waals surface area contributed by atoms with Crippen LogP contribution in [-0.4, -0.2) is 60.1 Å². The zero-order chi connectivity index (χ0) is 23.6. The van der Waals surface area contributed by atoms with Crippen molar-refractivity contribution >= 4 is 29.0 Å². The predicted octanol–water partition coefficient (Wildman–Crippen LogP) is 5.41. The largest absolute Gasteiger partial charge is 0.374 e. The molecule has 0 radical (unpaired) electrons. The van der Waals surface area contributed by atoms with E-state index in [1.807, 2.05) is 36.4 Å². The van der Waals surface area contributed by atoms with E-state index in [2.05, 4.69) is 39.0 Å². The Bertz CT molecular complexity index is 1000. The van der Waals surface area contributed by atoms with Crippen LogP contribution in [0.1, 0.15) is 54.4 Å². The second kappa shape index (κ2) is 10.5. The Morgan fingerprint density at radius 3 is 2.43 bits per heavy atom. The number of hydrogen-bond donors (Lipinski definition) is 1. The van der Waals surface area contributed by atoms with E-state index in [0.717, 1.165) is 29.8 Å². The molecule has 2 unspecified atom stereocenters. The molecule has 5 nitrogen and oxygen atoms in total. The molecule has 1 N–H and O–H groups in total. The molecule has 4 aliphatic rings. The average Bonchev–Trinajstić information content (AvgIpc) is 3.46. The van der Waals surface area contributed by atoms with E-state index in [0.29, 0.717) is 24.3 Å². The van der Waals surface area contributed by atoms with Crippen molar-refractivity contribution in [2.75, 3.05) is 41.4 Å². The van der Waals surface area contributed by atoms with Gasteiger partial charge in [-0.25, -0.2) is 0 Å². The van der Waals surface area contributed by atoms with Gasteiger partial charge in [0.1, 0.15) is 0 Å². The third-order valence-corrected chi connectivity index (χ3v) is 9.54. The first-order valence-corrected chi connectivity index (χ1v) is 14.6. The van der Waals surface area contributed by atoms with E-state index in [1.54, 1.807) is 0 Å². The van der Waals surface area contributed by atoms with Gasteiger partial charge in [-0.05, 0) is 97.9 Å². The van der Waals surface area contributed by atoms with E-state index in [9.17, 15) is 4.79 Å². The number of likely N-dealkylation sites (tertiary alicyclic amines) is 1. The van der Waals surface area contributed by atoms with Crippen molar-refractivity contribution in [2.45, 2.75) is 63.3 Å². The summed E-state index contributed by atoms with van der Waals surface area (Å²) in [7, 11) is 0. The zero-order valence-corrected chi connectivity index (χ0v) is 21.3. The fourth-order valence-electron chi connectivity index (χ4n) is 6.11. The number of carbonyl (C=O) groups excluding carboxylic acids is 1. The second-order valence-electron chi connectivity index (χ2n) is 10.7. The Morgan fingerprint density at radius 1 is 0.943 bits per heavy atom. The van der Waals surface area contributed by atoms with Crippen molar-refractivity contribution in [3.63, 3.8) is 0 Å². The van der Waals surface area contributed by atoms with Gasteiger partial charge >= 0.3 is 0 Å². The van der Waals surface area contributed by atoms with Crippen molar-refractivity contribution in [1.82, 2.24) is 4.90 Å². The van der Waals surface area contributed by atoms with E-state index in [1.165, 1.54) is 68.8 Å². The van der Waals surface area contributed by atoms with Crippen LogP contribution in [0.4, 0.5) is 11.4 Å². The number of nitrogens with one attached hydrogen (secondary N) is 1. The van der Waals surface area contributed by atoms with E-state index in [4.69, 9.17) is 4.74 Å². The highest BCUT2D eigenvalue weighted by atomic mass is 32.2. The van der Waals surface area contributed by atoms with Crippen LogP contribution in [0, 0.1) is 5.92 Å². The first-order chi connectivity index (χ1) is 17.2. The predicted molar refractivity (Wildman–Crippen MR) is 144 cm³/mol. The van der Waals surface area contributed by atoms with Crippen LogP contribution in [0.25, 0.3) is 0 Å². The lowest BCUT2D eigenvalue weighted by Gasteiger charge is -2.33. The number of benzene rings is 2. The van der Waals surface area contributed by atoms with E-state index < -0.39 is 0 Å². The molecule has 1 amide bonds. The van der Waals surface area contributed by atoms with Crippen molar-refractivity contribution in [3.8, 4) is 0 Å². The topological polar surface area (TPSA) is 44.8 Å². The summed E-state index contributed by atoms with van der Waals surface area (Å²) in [4.78, 5) is 18.2. The minimum atomic E-state index is -0.0671. The van der Waals surface area contributed by atoms with Gasteiger partial charge in [-0.15, -0.1) is 0 Å². The number of thioether (sulfide) groups is 1. The summed E-state index contributed by atoms with van der Waals surface area (Å²) in [6.45, 7) is 4.26. The van der Waals surface area contributed by atoms with Crippen LogP contribution in [-0.2, 0) is 11.3 Å². The lowest BCUT2D eigenvalue weighted by Crippen LogP contribution is -2.40. The van der Waals surface area contributed by atoms with Gasteiger partial charge < -0.3 is 15.0 Å². The molecule has 6 heteroatoms. The van der Waals surface area contributed by atoms with Gasteiger partial charge in [0.25, 0.3) is 5.91 Å². The second-order valence-corrected chi connectivity index (χ2v) is 11.9. The number of hydrogen-bond acceptors (Lipinski definition) is 5. The summed E-state index contributed by atoms with van der Waals surface area (Å²) in [5.41, 5.74) is 3.93. The Hall–Kier alpha value is -2.02. The summed E-state index contributed by atoms with van der Waals surface area (Å²) in [6.07, 6.45) is 8.07. The van der Waals surface area contributed by atoms with Crippen LogP contribution in [0.5, 0.6) is 0 Å². The molecule has 6 rings (SSSR count). The number of rotatable bonds is 7.